The van der Waals surface area contributed by atoms with Crippen molar-refractivity contribution in [1.29, 1.82) is 0 Å². The molecule has 0 aromatic carbocycles. The normalized spacial score (nSPS) is 10.9. The Morgan fingerprint density at radius 1 is 1.43 bits per heavy atom. The Balaban J connectivity index is 3.40. The maximum atomic E-state index is 5.28. The summed E-state index contributed by atoms with van der Waals surface area (Å²) < 4.78 is 5.28. The lowest BCUT2D eigenvalue weighted by molar-refractivity contribution is 0.145. The van der Waals surface area contributed by atoms with Crippen LogP contribution in [0.15, 0.2) is 11.6 Å². The predicted molar refractivity (Wildman–Crippen MR) is 62.2 cm³/mol. The van der Waals surface area contributed by atoms with Crippen LogP contribution in [0.2, 0.25) is 0 Å². The summed E-state index contributed by atoms with van der Waals surface area (Å²) in [6, 6.07) is 0. The van der Waals surface area contributed by atoms with Crippen LogP contribution in [-0.4, -0.2) is 13.2 Å². The van der Waals surface area contributed by atoms with E-state index < -0.39 is 0 Å². The lowest BCUT2D eigenvalue weighted by atomic mass is 10.1. The van der Waals surface area contributed by atoms with Gasteiger partial charge >= 0.3 is 0 Å². The molecule has 0 amide bonds. The summed E-state index contributed by atoms with van der Waals surface area (Å²) in [4.78, 5) is 0. The van der Waals surface area contributed by atoms with E-state index in [4.69, 9.17) is 4.74 Å². The molecule has 0 spiro atoms. The number of allylic oxidation sites excluding steroid dienone is 2. The zero-order valence-corrected chi connectivity index (χ0v) is 9.73. The van der Waals surface area contributed by atoms with Crippen LogP contribution in [0.4, 0.5) is 0 Å². The van der Waals surface area contributed by atoms with Crippen molar-refractivity contribution in [3.05, 3.63) is 11.6 Å². The lowest BCUT2D eigenvalue weighted by Gasteiger charge is -2.01. The Bertz CT molecular complexity index is 205. The third-order valence-electron chi connectivity index (χ3n) is 2.00. The standard InChI is InChI=1S/C13H22O/c1-4-6-7-8-10-13(3)11-9-12-14-5-2/h10H,5,7-9,11-12H2,1-3H3/b13-10+. The van der Waals surface area contributed by atoms with Crippen molar-refractivity contribution in [3.63, 3.8) is 0 Å². The van der Waals surface area contributed by atoms with Crippen molar-refractivity contribution in [1.82, 2.24) is 0 Å². The molecule has 0 aromatic rings. The van der Waals surface area contributed by atoms with Crippen LogP contribution >= 0.6 is 0 Å². The van der Waals surface area contributed by atoms with Gasteiger partial charge < -0.3 is 4.74 Å². The molecule has 0 saturated carbocycles. The van der Waals surface area contributed by atoms with Gasteiger partial charge in [-0.15, -0.1) is 11.8 Å². The molecule has 0 aliphatic heterocycles. The summed E-state index contributed by atoms with van der Waals surface area (Å²) in [6.07, 6.45) is 6.64. The molecule has 0 atom stereocenters. The minimum atomic E-state index is 0.828. The zero-order valence-electron chi connectivity index (χ0n) is 9.73. The first-order chi connectivity index (χ1) is 6.81. The summed E-state index contributed by atoms with van der Waals surface area (Å²) in [5.41, 5.74) is 1.46. The van der Waals surface area contributed by atoms with Crippen LogP contribution < -0.4 is 0 Å². The molecule has 80 valence electrons. The van der Waals surface area contributed by atoms with Crippen molar-refractivity contribution in [2.75, 3.05) is 13.2 Å². The second-order valence-electron chi connectivity index (χ2n) is 3.32. The van der Waals surface area contributed by atoms with E-state index in [1.165, 1.54) is 5.57 Å². The number of rotatable bonds is 7. The van der Waals surface area contributed by atoms with Gasteiger partial charge in [0.2, 0.25) is 0 Å². The topological polar surface area (TPSA) is 9.23 Å². The van der Waals surface area contributed by atoms with Crippen molar-refractivity contribution in [2.24, 2.45) is 0 Å². The summed E-state index contributed by atoms with van der Waals surface area (Å²) in [7, 11) is 0. The first-order valence-corrected chi connectivity index (χ1v) is 5.44. The highest BCUT2D eigenvalue weighted by Gasteiger charge is 1.90. The largest absolute Gasteiger partial charge is 0.382 e. The smallest absolute Gasteiger partial charge is 0.0468 e. The van der Waals surface area contributed by atoms with E-state index in [0.29, 0.717) is 0 Å². The van der Waals surface area contributed by atoms with Gasteiger partial charge in [0.25, 0.3) is 0 Å². The molecular formula is C13H22O. The van der Waals surface area contributed by atoms with Gasteiger partial charge in [-0.25, -0.2) is 0 Å². The highest BCUT2D eigenvalue weighted by atomic mass is 16.5. The summed E-state index contributed by atoms with van der Waals surface area (Å²) in [5.74, 6) is 5.96. The SMILES string of the molecule is CC#CCC/C=C(\C)CCCOCC. The predicted octanol–water partition coefficient (Wildman–Crippen LogP) is 3.55. The quantitative estimate of drug-likeness (QED) is 0.342. The Labute approximate surface area is 88.5 Å². The molecule has 14 heavy (non-hydrogen) atoms. The lowest BCUT2D eigenvalue weighted by Crippen LogP contribution is -1.93. The van der Waals surface area contributed by atoms with Gasteiger partial charge in [0.1, 0.15) is 0 Å². The van der Waals surface area contributed by atoms with Crippen LogP contribution in [0.5, 0.6) is 0 Å². The molecule has 0 fully saturated rings. The van der Waals surface area contributed by atoms with Gasteiger partial charge in [-0.1, -0.05) is 11.6 Å². The van der Waals surface area contributed by atoms with Crippen molar-refractivity contribution < 1.29 is 4.74 Å². The Morgan fingerprint density at radius 2 is 2.21 bits per heavy atom. The number of hydrogen-bond acceptors (Lipinski definition) is 1. The van der Waals surface area contributed by atoms with Crippen molar-refractivity contribution in [3.8, 4) is 11.8 Å². The highest BCUT2D eigenvalue weighted by Crippen LogP contribution is 2.06. The fourth-order valence-corrected chi connectivity index (χ4v) is 1.22. The number of ether oxygens (including phenoxy) is 1. The molecule has 1 nitrogen and oxygen atoms in total. The van der Waals surface area contributed by atoms with Crippen molar-refractivity contribution >= 4 is 0 Å². The van der Waals surface area contributed by atoms with E-state index in [2.05, 4.69) is 24.8 Å². The summed E-state index contributed by atoms with van der Waals surface area (Å²) in [6.45, 7) is 7.82. The Hall–Kier alpha value is -0.740. The Morgan fingerprint density at radius 3 is 2.86 bits per heavy atom. The summed E-state index contributed by atoms with van der Waals surface area (Å²) >= 11 is 0. The average molecular weight is 194 g/mol. The molecular weight excluding hydrogens is 172 g/mol. The molecule has 0 bridgehead atoms. The fraction of sp³-hybridized carbons (Fsp3) is 0.692. The van der Waals surface area contributed by atoms with E-state index in [-0.39, 0.29) is 0 Å². The second kappa shape index (κ2) is 10.3. The molecule has 0 heterocycles. The zero-order chi connectivity index (χ0) is 10.6. The molecule has 0 rings (SSSR count). The van der Waals surface area contributed by atoms with Gasteiger partial charge in [-0.05, 0) is 40.0 Å². The van der Waals surface area contributed by atoms with Crippen LogP contribution in [0.1, 0.15) is 46.5 Å². The van der Waals surface area contributed by atoms with Gasteiger partial charge in [-0.2, -0.15) is 0 Å². The van der Waals surface area contributed by atoms with E-state index in [0.717, 1.165) is 38.9 Å². The van der Waals surface area contributed by atoms with Gasteiger partial charge in [0.05, 0.1) is 0 Å². The second-order valence-corrected chi connectivity index (χ2v) is 3.32. The van der Waals surface area contributed by atoms with E-state index >= 15 is 0 Å². The molecule has 0 radical (unpaired) electrons. The van der Waals surface area contributed by atoms with E-state index in [1.807, 2.05) is 13.8 Å². The number of unbranched alkanes of at least 4 members (excludes halogenated alkanes) is 1. The molecule has 0 unspecified atom stereocenters. The third-order valence-corrected chi connectivity index (χ3v) is 2.00. The van der Waals surface area contributed by atoms with E-state index in [9.17, 15) is 0 Å². The van der Waals surface area contributed by atoms with Crippen LogP contribution in [0.3, 0.4) is 0 Å². The van der Waals surface area contributed by atoms with E-state index in [1.54, 1.807) is 0 Å². The monoisotopic (exact) mass is 194 g/mol. The van der Waals surface area contributed by atoms with Crippen LogP contribution in [0.25, 0.3) is 0 Å². The maximum absolute atomic E-state index is 5.28. The van der Waals surface area contributed by atoms with Crippen LogP contribution in [-0.2, 0) is 4.74 Å². The maximum Gasteiger partial charge on any atom is 0.0468 e. The summed E-state index contributed by atoms with van der Waals surface area (Å²) in [5, 5.41) is 0. The van der Waals surface area contributed by atoms with Gasteiger partial charge in [0.15, 0.2) is 0 Å². The fourth-order valence-electron chi connectivity index (χ4n) is 1.22. The molecule has 0 N–H and O–H groups in total. The molecule has 1 heteroatoms. The van der Waals surface area contributed by atoms with Crippen LogP contribution in [0, 0.1) is 11.8 Å². The number of hydrogen-bond donors (Lipinski definition) is 0. The minimum absolute atomic E-state index is 0.828. The highest BCUT2D eigenvalue weighted by molar-refractivity contribution is 5.02. The molecule has 0 aliphatic rings. The van der Waals surface area contributed by atoms with Crippen molar-refractivity contribution in [2.45, 2.75) is 46.5 Å². The van der Waals surface area contributed by atoms with Gasteiger partial charge in [0, 0.05) is 19.6 Å². The molecule has 0 aliphatic carbocycles. The third kappa shape index (κ3) is 9.35. The molecule has 0 saturated heterocycles. The Kier molecular flexibility index (Phi) is 9.79. The molecule has 0 aromatic heterocycles. The average Bonchev–Trinajstić information content (AvgIpc) is 2.19. The van der Waals surface area contributed by atoms with Gasteiger partial charge in [-0.3, -0.25) is 0 Å². The first kappa shape index (κ1) is 13.3. The first-order valence-electron chi connectivity index (χ1n) is 5.44. The minimum Gasteiger partial charge on any atom is -0.382 e.